The summed E-state index contributed by atoms with van der Waals surface area (Å²) in [6, 6.07) is 66.7. The van der Waals surface area contributed by atoms with E-state index in [0.29, 0.717) is 0 Å². The number of aryl methyl sites for hydroxylation is 2. The van der Waals surface area contributed by atoms with Crippen molar-refractivity contribution in [3.63, 3.8) is 0 Å². The molecule has 4 heteroatoms. The zero-order chi connectivity index (χ0) is 40.2. The van der Waals surface area contributed by atoms with E-state index in [1.54, 1.807) is 0 Å². The van der Waals surface area contributed by atoms with Gasteiger partial charge in [0.25, 0.3) is 0 Å². The topological polar surface area (TPSA) is 6.48 Å². The average molecular weight is 791 g/mol. The third-order valence-electron chi connectivity index (χ3n) is 12.8. The van der Waals surface area contributed by atoms with Crippen LogP contribution in [0.4, 0.5) is 28.4 Å². The molecule has 2 nitrogen and oxygen atoms in total. The first-order valence-electron chi connectivity index (χ1n) is 21.8. The Morgan fingerprint density at radius 1 is 0.483 bits per heavy atom. The number of thiophene rings is 1. The summed E-state index contributed by atoms with van der Waals surface area (Å²) in [6.45, 7) is 4.50. The quantitative estimate of drug-likeness (QED) is 0.127. The van der Waals surface area contributed by atoms with Crippen LogP contribution in [-0.2, 0) is 12.8 Å². The molecule has 0 atom stereocenters. The Balaban J connectivity index is 1.23. The first-order chi connectivity index (χ1) is 29.7. The van der Waals surface area contributed by atoms with E-state index in [9.17, 15) is 0 Å². The summed E-state index contributed by atoms with van der Waals surface area (Å²) in [5, 5.41) is 2.64. The minimum atomic E-state index is -0.0606. The van der Waals surface area contributed by atoms with Crippen LogP contribution in [0.2, 0.25) is 0 Å². The van der Waals surface area contributed by atoms with E-state index in [1.165, 1.54) is 130 Å². The molecule has 0 N–H and O–H groups in total. The van der Waals surface area contributed by atoms with E-state index in [1.807, 2.05) is 11.3 Å². The summed E-state index contributed by atoms with van der Waals surface area (Å²) >= 11 is 1.90. The van der Waals surface area contributed by atoms with E-state index >= 15 is 0 Å². The molecular weight excluding hydrogens is 744 g/mol. The molecule has 2 aliphatic rings. The van der Waals surface area contributed by atoms with Gasteiger partial charge in [0.2, 0.25) is 0 Å². The second-order valence-corrected chi connectivity index (χ2v) is 17.6. The number of fused-ring (bicyclic) bond motifs is 8. The summed E-state index contributed by atoms with van der Waals surface area (Å²) < 4.78 is 2.63. The molecule has 0 unspecified atom stereocenters. The van der Waals surface area contributed by atoms with Crippen molar-refractivity contribution in [3.8, 4) is 33.4 Å². The molecule has 290 valence electrons. The molecule has 0 saturated carbocycles. The third-order valence-corrected chi connectivity index (χ3v) is 14.0. The molecule has 2 aliphatic heterocycles. The van der Waals surface area contributed by atoms with E-state index in [0.717, 1.165) is 12.8 Å². The largest absolute Gasteiger partial charge is 0.376 e. The van der Waals surface area contributed by atoms with Crippen molar-refractivity contribution < 1.29 is 0 Å². The zero-order valence-electron chi connectivity index (χ0n) is 34.4. The molecule has 9 aromatic rings. The summed E-state index contributed by atoms with van der Waals surface area (Å²) in [7, 11) is 0. The van der Waals surface area contributed by atoms with Crippen LogP contribution >= 0.6 is 11.3 Å². The third kappa shape index (κ3) is 6.08. The van der Waals surface area contributed by atoms with Crippen molar-refractivity contribution in [2.75, 3.05) is 9.71 Å². The minimum absolute atomic E-state index is 0.0606. The molecule has 0 saturated heterocycles. The van der Waals surface area contributed by atoms with Crippen LogP contribution in [0.1, 0.15) is 50.7 Å². The SMILES string of the molecule is CCCCc1ccc(N2B3c4ccc5sc6ccccc6c5c4N(c4ccc(CCCC)cc4-c4ccccc4)c4cccc(c43)-c3ccc(-c4ccccc4)cc32)cc1. The van der Waals surface area contributed by atoms with Gasteiger partial charge in [-0.2, -0.15) is 0 Å². The van der Waals surface area contributed by atoms with Gasteiger partial charge in [0.1, 0.15) is 0 Å². The number of nitrogens with zero attached hydrogens (tertiary/aromatic N) is 2. The summed E-state index contributed by atoms with van der Waals surface area (Å²) in [4.78, 5) is 5.31. The standard InChI is InChI=1S/C56H47BN2S/c1-3-5-16-38-26-30-43(31-27-38)59-51-37-42(40-18-9-7-10-19-40)29-32-44(51)45-23-15-24-50-55(45)57(59)48-33-35-53-54(46-22-13-14-25-52(46)60-53)56(48)58(50)49-34-28-39(17-6-4-2)36-47(49)41-20-11-8-12-21-41/h7-15,18-37H,3-6,16-17H2,1-2H3. The Morgan fingerprint density at radius 3 is 1.98 bits per heavy atom. The molecule has 11 rings (SSSR count). The second kappa shape index (κ2) is 15.3. The Morgan fingerprint density at radius 2 is 1.20 bits per heavy atom. The van der Waals surface area contributed by atoms with Gasteiger partial charge < -0.3 is 9.71 Å². The molecule has 0 fully saturated rings. The van der Waals surface area contributed by atoms with Gasteiger partial charge in [-0.15, -0.1) is 11.3 Å². The van der Waals surface area contributed by atoms with Gasteiger partial charge in [-0.1, -0.05) is 154 Å². The maximum Gasteiger partial charge on any atom is 0.333 e. The van der Waals surface area contributed by atoms with Crippen molar-refractivity contribution in [1.29, 1.82) is 0 Å². The Bertz CT molecular complexity index is 3020. The fourth-order valence-electron chi connectivity index (χ4n) is 9.90. The fourth-order valence-corrected chi connectivity index (χ4v) is 11.0. The van der Waals surface area contributed by atoms with Crippen LogP contribution in [0.25, 0.3) is 53.6 Å². The van der Waals surface area contributed by atoms with Gasteiger partial charge in [-0.25, -0.2) is 0 Å². The first-order valence-corrected chi connectivity index (χ1v) is 22.7. The van der Waals surface area contributed by atoms with Gasteiger partial charge in [0.15, 0.2) is 0 Å². The predicted molar refractivity (Wildman–Crippen MR) is 261 cm³/mol. The highest BCUT2D eigenvalue weighted by Crippen LogP contribution is 2.52. The molecule has 60 heavy (non-hydrogen) atoms. The average Bonchev–Trinajstić information content (AvgIpc) is 3.70. The lowest BCUT2D eigenvalue weighted by Gasteiger charge is -2.46. The molecule has 1 aromatic heterocycles. The lowest BCUT2D eigenvalue weighted by atomic mass is 9.43. The lowest BCUT2D eigenvalue weighted by Crippen LogP contribution is -2.61. The number of hydrogen-bond donors (Lipinski definition) is 0. The molecule has 0 radical (unpaired) electrons. The smallest absolute Gasteiger partial charge is 0.333 e. The van der Waals surface area contributed by atoms with Crippen LogP contribution in [-0.4, -0.2) is 6.85 Å². The monoisotopic (exact) mass is 790 g/mol. The van der Waals surface area contributed by atoms with Gasteiger partial charge in [0, 0.05) is 48.4 Å². The summed E-state index contributed by atoms with van der Waals surface area (Å²) in [5.41, 5.74) is 19.2. The van der Waals surface area contributed by atoms with Gasteiger partial charge in [0.05, 0.1) is 11.4 Å². The van der Waals surface area contributed by atoms with E-state index in [-0.39, 0.29) is 6.85 Å². The van der Waals surface area contributed by atoms with Crippen molar-refractivity contribution >= 4 is 77.7 Å². The second-order valence-electron chi connectivity index (χ2n) is 16.5. The van der Waals surface area contributed by atoms with Crippen LogP contribution in [0.5, 0.6) is 0 Å². The molecule has 0 bridgehead atoms. The van der Waals surface area contributed by atoms with Gasteiger partial charge in [-0.3, -0.25) is 0 Å². The Kier molecular flexibility index (Phi) is 9.39. The van der Waals surface area contributed by atoms with Gasteiger partial charge >= 0.3 is 6.85 Å². The normalized spacial score (nSPS) is 12.8. The first kappa shape index (κ1) is 36.7. The highest BCUT2D eigenvalue weighted by Gasteiger charge is 2.46. The highest BCUT2D eigenvalue weighted by molar-refractivity contribution is 7.26. The molecule has 8 aromatic carbocycles. The molecular formula is C56H47BN2S. The van der Waals surface area contributed by atoms with Crippen molar-refractivity contribution in [1.82, 2.24) is 0 Å². The van der Waals surface area contributed by atoms with Gasteiger partial charge in [-0.05, 0) is 119 Å². The van der Waals surface area contributed by atoms with Crippen LogP contribution in [0.3, 0.4) is 0 Å². The molecule has 0 spiro atoms. The Labute approximate surface area is 358 Å². The van der Waals surface area contributed by atoms with Crippen LogP contribution in [0, 0.1) is 0 Å². The van der Waals surface area contributed by atoms with Crippen molar-refractivity contribution in [2.24, 2.45) is 0 Å². The minimum Gasteiger partial charge on any atom is -0.376 e. The zero-order valence-corrected chi connectivity index (χ0v) is 35.2. The fraction of sp³-hybridized carbons (Fsp3) is 0.143. The molecule has 0 amide bonds. The number of unbranched alkanes of at least 4 members (excludes halogenated alkanes) is 2. The van der Waals surface area contributed by atoms with E-state index in [4.69, 9.17) is 0 Å². The number of benzene rings is 8. The van der Waals surface area contributed by atoms with Crippen molar-refractivity contribution in [2.45, 2.75) is 52.4 Å². The number of anilines is 5. The van der Waals surface area contributed by atoms with E-state index < -0.39 is 0 Å². The predicted octanol–water partition coefficient (Wildman–Crippen LogP) is 14.8. The van der Waals surface area contributed by atoms with E-state index in [2.05, 4.69) is 199 Å². The lowest BCUT2D eigenvalue weighted by molar-refractivity contribution is 0.795. The van der Waals surface area contributed by atoms with Crippen molar-refractivity contribution in [3.05, 3.63) is 187 Å². The maximum atomic E-state index is 2.67. The molecule has 3 heterocycles. The summed E-state index contributed by atoms with van der Waals surface area (Å²) in [5.74, 6) is 0. The Hall–Kier alpha value is -6.36. The highest BCUT2D eigenvalue weighted by atomic mass is 32.1. The van der Waals surface area contributed by atoms with Crippen LogP contribution in [0.15, 0.2) is 176 Å². The summed E-state index contributed by atoms with van der Waals surface area (Å²) in [6.07, 6.45) is 6.92. The molecule has 0 aliphatic carbocycles. The van der Waals surface area contributed by atoms with Crippen LogP contribution < -0.4 is 20.6 Å². The number of rotatable bonds is 10. The maximum absolute atomic E-state index is 2.67. The number of hydrogen-bond acceptors (Lipinski definition) is 3.